The van der Waals surface area contributed by atoms with Gasteiger partial charge in [-0.25, -0.2) is 8.78 Å². The van der Waals surface area contributed by atoms with Crippen molar-refractivity contribution in [3.63, 3.8) is 0 Å². The first-order valence-electron chi connectivity index (χ1n) is 8.28. The van der Waals surface area contributed by atoms with Crippen molar-refractivity contribution in [3.05, 3.63) is 87.3 Å². The predicted molar refractivity (Wildman–Crippen MR) is 102 cm³/mol. The molecule has 0 bridgehead atoms. The highest BCUT2D eigenvalue weighted by Gasteiger charge is 2.16. The second kappa shape index (κ2) is 8.62. The van der Waals surface area contributed by atoms with Crippen LogP contribution in [0.3, 0.4) is 0 Å². The third-order valence-electron chi connectivity index (χ3n) is 3.84. The molecule has 0 fully saturated rings. The van der Waals surface area contributed by atoms with Gasteiger partial charge in [-0.15, -0.1) is 0 Å². The SMILES string of the molecule is O=C(NCCNc1cnn(-c2ccccc2)c(=O)c1Cl)c1c(F)cccc1F. The summed E-state index contributed by atoms with van der Waals surface area (Å²) in [7, 11) is 0. The van der Waals surface area contributed by atoms with Crippen LogP contribution in [-0.4, -0.2) is 28.8 Å². The van der Waals surface area contributed by atoms with Gasteiger partial charge in [-0.1, -0.05) is 35.9 Å². The summed E-state index contributed by atoms with van der Waals surface area (Å²) < 4.78 is 28.3. The van der Waals surface area contributed by atoms with E-state index in [1.165, 1.54) is 12.3 Å². The van der Waals surface area contributed by atoms with E-state index in [4.69, 9.17) is 11.6 Å². The fourth-order valence-corrected chi connectivity index (χ4v) is 2.68. The first kappa shape index (κ1) is 19.5. The number of anilines is 1. The molecule has 6 nitrogen and oxygen atoms in total. The number of hydrogen-bond acceptors (Lipinski definition) is 4. The van der Waals surface area contributed by atoms with Crippen LogP contribution < -0.4 is 16.2 Å². The minimum atomic E-state index is -0.942. The van der Waals surface area contributed by atoms with Crippen molar-refractivity contribution < 1.29 is 13.6 Å². The Balaban J connectivity index is 1.62. The monoisotopic (exact) mass is 404 g/mol. The molecule has 0 aliphatic carbocycles. The molecule has 0 aliphatic heterocycles. The van der Waals surface area contributed by atoms with Gasteiger partial charge in [0.05, 0.1) is 17.6 Å². The van der Waals surface area contributed by atoms with Crippen LogP contribution in [0.15, 0.2) is 59.5 Å². The molecular formula is C19H15ClF2N4O2. The molecule has 3 aromatic rings. The number of halogens is 3. The fraction of sp³-hybridized carbons (Fsp3) is 0.105. The van der Waals surface area contributed by atoms with Gasteiger partial charge in [0, 0.05) is 13.1 Å². The van der Waals surface area contributed by atoms with Gasteiger partial charge < -0.3 is 10.6 Å². The summed E-state index contributed by atoms with van der Waals surface area (Å²) in [5, 5.41) is 9.25. The number of nitrogens with one attached hydrogen (secondary N) is 2. The maximum absolute atomic E-state index is 13.6. The van der Waals surface area contributed by atoms with Gasteiger partial charge in [-0.3, -0.25) is 9.59 Å². The molecule has 1 amide bonds. The minimum absolute atomic E-state index is 0.0463. The molecule has 1 aromatic heterocycles. The molecule has 3 rings (SSSR count). The predicted octanol–water partition coefficient (Wildman–Crippen LogP) is 3.01. The van der Waals surface area contributed by atoms with Gasteiger partial charge in [-0.05, 0) is 24.3 Å². The second-order valence-electron chi connectivity index (χ2n) is 5.70. The van der Waals surface area contributed by atoms with Crippen molar-refractivity contribution in [2.75, 3.05) is 18.4 Å². The molecule has 2 aromatic carbocycles. The number of rotatable bonds is 6. The normalized spacial score (nSPS) is 10.5. The molecular weight excluding hydrogens is 390 g/mol. The molecule has 0 atom stereocenters. The van der Waals surface area contributed by atoms with E-state index in [0.29, 0.717) is 5.69 Å². The lowest BCUT2D eigenvalue weighted by Crippen LogP contribution is -2.30. The number of benzene rings is 2. The molecule has 144 valence electrons. The highest BCUT2D eigenvalue weighted by Crippen LogP contribution is 2.16. The second-order valence-corrected chi connectivity index (χ2v) is 6.08. The molecule has 9 heteroatoms. The number of carbonyl (C=O) groups excluding carboxylic acids is 1. The van der Waals surface area contributed by atoms with Crippen LogP contribution in [0.4, 0.5) is 14.5 Å². The highest BCUT2D eigenvalue weighted by molar-refractivity contribution is 6.32. The molecule has 28 heavy (non-hydrogen) atoms. The summed E-state index contributed by atoms with van der Waals surface area (Å²) in [6.45, 7) is 0.211. The van der Waals surface area contributed by atoms with Gasteiger partial charge >= 0.3 is 0 Å². The molecule has 0 spiro atoms. The van der Waals surface area contributed by atoms with E-state index >= 15 is 0 Å². The van der Waals surface area contributed by atoms with E-state index in [2.05, 4.69) is 15.7 Å². The summed E-state index contributed by atoms with van der Waals surface area (Å²) in [5.41, 5.74) is -0.298. The number of hydrogen-bond donors (Lipinski definition) is 2. The summed E-state index contributed by atoms with van der Waals surface area (Å²) in [4.78, 5) is 24.3. The maximum Gasteiger partial charge on any atom is 0.292 e. The molecule has 1 heterocycles. The Bertz CT molecular complexity index is 1040. The molecule has 0 aliphatic rings. The van der Waals surface area contributed by atoms with E-state index in [0.717, 1.165) is 16.8 Å². The van der Waals surface area contributed by atoms with Crippen molar-refractivity contribution in [1.82, 2.24) is 15.1 Å². The van der Waals surface area contributed by atoms with Crippen LogP contribution >= 0.6 is 11.6 Å². The van der Waals surface area contributed by atoms with E-state index in [9.17, 15) is 18.4 Å². The molecule has 0 saturated heterocycles. The Kier molecular flexibility index (Phi) is 6.00. The Hall–Kier alpha value is -3.26. The van der Waals surface area contributed by atoms with Gasteiger partial charge in [0.25, 0.3) is 11.5 Å². The standard InChI is InChI=1S/C19H15ClF2N4O2/c20-17-15(11-25-26(19(17)28)12-5-2-1-3-6-12)23-9-10-24-18(27)16-13(21)7-4-8-14(16)22/h1-8,11,23H,9-10H2,(H,24,27). The first-order chi connectivity index (χ1) is 13.5. The third-order valence-corrected chi connectivity index (χ3v) is 4.20. The van der Waals surface area contributed by atoms with Gasteiger partial charge in [0.15, 0.2) is 0 Å². The van der Waals surface area contributed by atoms with Crippen LogP contribution in [0.5, 0.6) is 0 Å². The summed E-state index contributed by atoms with van der Waals surface area (Å²) in [6.07, 6.45) is 1.38. The number of para-hydroxylation sites is 1. The average Bonchev–Trinajstić information content (AvgIpc) is 2.69. The Morgan fingerprint density at radius 2 is 1.71 bits per heavy atom. The molecule has 0 saturated carbocycles. The lowest BCUT2D eigenvalue weighted by molar-refractivity contribution is 0.0947. The average molecular weight is 405 g/mol. The Morgan fingerprint density at radius 3 is 2.39 bits per heavy atom. The first-order valence-corrected chi connectivity index (χ1v) is 8.66. The van der Waals surface area contributed by atoms with Crippen molar-refractivity contribution in [1.29, 1.82) is 0 Å². The van der Waals surface area contributed by atoms with E-state index in [1.807, 2.05) is 6.07 Å². The smallest absolute Gasteiger partial charge is 0.292 e. The highest BCUT2D eigenvalue weighted by atomic mass is 35.5. The molecule has 0 radical (unpaired) electrons. The maximum atomic E-state index is 13.6. The number of aromatic nitrogens is 2. The largest absolute Gasteiger partial charge is 0.381 e. The molecule has 0 unspecified atom stereocenters. The van der Waals surface area contributed by atoms with Gasteiger partial charge in [-0.2, -0.15) is 9.78 Å². The zero-order chi connectivity index (χ0) is 20.1. The summed E-state index contributed by atoms with van der Waals surface area (Å²) in [6, 6.07) is 12.0. The van der Waals surface area contributed by atoms with Crippen LogP contribution in [0.2, 0.25) is 5.02 Å². The van der Waals surface area contributed by atoms with Crippen LogP contribution in [-0.2, 0) is 0 Å². The third kappa shape index (κ3) is 4.17. The van der Waals surface area contributed by atoms with E-state index in [-0.39, 0.29) is 23.8 Å². The zero-order valence-corrected chi connectivity index (χ0v) is 15.2. The van der Waals surface area contributed by atoms with E-state index < -0.39 is 28.7 Å². The quantitative estimate of drug-likeness (QED) is 0.619. The Labute approximate surface area is 163 Å². The van der Waals surface area contributed by atoms with Crippen LogP contribution in [0, 0.1) is 11.6 Å². The number of nitrogens with zero attached hydrogens (tertiary/aromatic N) is 2. The van der Waals surface area contributed by atoms with Crippen LogP contribution in [0.25, 0.3) is 5.69 Å². The number of carbonyl (C=O) groups is 1. The lowest BCUT2D eigenvalue weighted by Gasteiger charge is -2.11. The molecule has 2 N–H and O–H groups in total. The lowest BCUT2D eigenvalue weighted by atomic mass is 10.2. The summed E-state index contributed by atoms with van der Waals surface area (Å²) in [5.74, 6) is -2.76. The zero-order valence-electron chi connectivity index (χ0n) is 14.5. The topological polar surface area (TPSA) is 76.0 Å². The van der Waals surface area contributed by atoms with Crippen molar-refractivity contribution >= 4 is 23.2 Å². The minimum Gasteiger partial charge on any atom is -0.381 e. The summed E-state index contributed by atoms with van der Waals surface area (Å²) >= 11 is 6.10. The van der Waals surface area contributed by atoms with E-state index in [1.54, 1.807) is 24.3 Å². The number of amides is 1. The van der Waals surface area contributed by atoms with Crippen molar-refractivity contribution in [2.45, 2.75) is 0 Å². The van der Waals surface area contributed by atoms with Gasteiger partial charge in [0.2, 0.25) is 0 Å². The van der Waals surface area contributed by atoms with Gasteiger partial charge in [0.1, 0.15) is 22.2 Å². The van der Waals surface area contributed by atoms with Crippen molar-refractivity contribution in [2.24, 2.45) is 0 Å². The fourth-order valence-electron chi connectivity index (χ4n) is 2.49. The Morgan fingerprint density at radius 1 is 1.04 bits per heavy atom. The van der Waals surface area contributed by atoms with Crippen molar-refractivity contribution in [3.8, 4) is 5.69 Å². The van der Waals surface area contributed by atoms with Crippen LogP contribution in [0.1, 0.15) is 10.4 Å².